The molecule has 0 radical (unpaired) electrons. The van der Waals surface area contributed by atoms with E-state index in [1.165, 1.54) is 12.5 Å². The zero-order valence-electron chi connectivity index (χ0n) is 11.9. The van der Waals surface area contributed by atoms with Crippen molar-refractivity contribution in [3.63, 3.8) is 0 Å². The molecule has 114 valence electrons. The minimum Gasteiger partial charge on any atom is -0.502 e. The summed E-state index contributed by atoms with van der Waals surface area (Å²) in [4.78, 5) is 24.2. The number of likely N-dealkylation sites (N-methyl/N-ethyl adjacent to an activating group) is 1. The number of rotatable bonds is 4. The summed E-state index contributed by atoms with van der Waals surface area (Å²) < 4.78 is 0. The van der Waals surface area contributed by atoms with Gasteiger partial charge in [0.05, 0.1) is 4.92 Å². The van der Waals surface area contributed by atoms with Crippen LogP contribution in [0.3, 0.4) is 0 Å². The monoisotopic (exact) mass is 293 g/mol. The molecule has 1 aliphatic heterocycles. The second-order valence-electron chi connectivity index (χ2n) is 5.30. The summed E-state index contributed by atoms with van der Waals surface area (Å²) in [6.07, 6.45) is 3.38. The molecule has 2 N–H and O–H groups in total. The first-order valence-corrected chi connectivity index (χ1v) is 6.95. The van der Waals surface area contributed by atoms with Gasteiger partial charge in [0.1, 0.15) is 0 Å². The van der Waals surface area contributed by atoms with Gasteiger partial charge in [-0.1, -0.05) is 6.42 Å². The van der Waals surface area contributed by atoms with Crippen LogP contribution in [-0.4, -0.2) is 47.0 Å². The zero-order valence-corrected chi connectivity index (χ0v) is 11.9. The average Bonchev–Trinajstić information content (AvgIpc) is 2.45. The van der Waals surface area contributed by atoms with Crippen molar-refractivity contribution in [3.8, 4) is 5.75 Å². The predicted octanol–water partition coefficient (Wildman–Crippen LogP) is 1.51. The maximum Gasteiger partial charge on any atom is 0.310 e. The third-order valence-electron chi connectivity index (χ3n) is 3.85. The molecule has 0 aliphatic carbocycles. The van der Waals surface area contributed by atoms with Crippen molar-refractivity contribution < 1.29 is 14.8 Å². The molecule has 1 aromatic rings. The van der Waals surface area contributed by atoms with Crippen molar-refractivity contribution >= 4 is 11.6 Å². The number of carbonyl (C=O) groups excluding carboxylic acids is 1. The van der Waals surface area contributed by atoms with E-state index in [9.17, 15) is 20.0 Å². The fourth-order valence-electron chi connectivity index (χ4n) is 2.53. The summed E-state index contributed by atoms with van der Waals surface area (Å²) >= 11 is 0. The van der Waals surface area contributed by atoms with Gasteiger partial charge < -0.3 is 15.3 Å². The first kappa shape index (κ1) is 15.2. The van der Waals surface area contributed by atoms with Crippen molar-refractivity contribution in [2.75, 3.05) is 20.1 Å². The minimum absolute atomic E-state index is 0.219. The lowest BCUT2D eigenvalue weighted by Crippen LogP contribution is -2.44. The highest BCUT2D eigenvalue weighted by atomic mass is 16.6. The average molecular weight is 293 g/mol. The first-order valence-electron chi connectivity index (χ1n) is 6.95. The number of amides is 1. The Morgan fingerprint density at radius 3 is 2.90 bits per heavy atom. The number of hydrogen-bond acceptors (Lipinski definition) is 5. The Labute approximate surface area is 122 Å². The van der Waals surface area contributed by atoms with Gasteiger partial charge in [-0.25, -0.2) is 0 Å². The quantitative estimate of drug-likeness (QED) is 0.648. The lowest BCUT2D eigenvalue weighted by Gasteiger charge is -2.32. The van der Waals surface area contributed by atoms with E-state index in [-0.39, 0.29) is 11.5 Å². The summed E-state index contributed by atoms with van der Waals surface area (Å²) in [5.41, 5.74) is -0.185. The highest BCUT2D eigenvalue weighted by Crippen LogP contribution is 2.26. The van der Waals surface area contributed by atoms with E-state index in [2.05, 4.69) is 10.2 Å². The Balaban J connectivity index is 1.97. The van der Waals surface area contributed by atoms with Crippen LogP contribution in [0, 0.1) is 10.1 Å². The minimum atomic E-state index is -0.687. The molecule has 0 bridgehead atoms. The van der Waals surface area contributed by atoms with E-state index >= 15 is 0 Å². The van der Waals surface area contributed by atoms with Crippen LogP contribution in [0.2, 0.25) is 0 Å². The number of nitro groups is 1. The van der Waals surface area contributed by atoms with Crippen LogP contribution in [0.4, 0.5) is 5.69 Å². The molecule has 0 saturated carbocycles. The number of carbonyl (C=O) groups is 1. The summed E-state index contributed by atoms with van der Waals surface area (Å²) in [6.45, 7) is 1.56. The molecule has 1 amide bonds. The number of nitrogens with zero attached hydrogens (tertiary/aromatic N) is 2. The lowest BCUT2D eigenvalue weighted by atomic mass is 10.0. The van der Waals surface area contributed by atoms with E-state index in [0.29, 0.717) is 12.6 Å². The third-order valence-corrected chi connectivity index (χ3v) is 3.85. The molecule has 7 nitrogen and oxygen atoms in total. The molecular weight excluding hydrogens is 274 g/mol. The molecule has 1 aliphatic rings. The third kappa shape index (κ3) is 3.69. The van der Waals surface area contributed by atoms with E-state index in [1.807, 2.05) is 7.05 Å². The van der Waals surface area contributed by atoms with Gasteiger partial charge in [0.2, 0.25) is 0 Å². The van der Waals surface area contributed by atoms with Gasteiger partial charge in [0.25, 0.3) is 5.91 Å². The number of nitrogens with one attached hydrogen (secondary N) is 1. The molecule has 21 heavy (non-hydrogen) atoms. The molecule has 0 aromatic heterocycles. The number of nitro benzene ring substituents is 1. The molecule has 1 unspecified atom stereocenters. The fraction of sp³-hybridized carbons (Fsp3) is 0.500. The smallest absolute Gasteiger partial charge is 0.310 e. The standard InChI is InChI=1S/C14H19N3O4/c1-16-7-3-2-4-11(16)9-15-14(19)10-5-6-12(17(20)21)13(18)8-10/h5-6,8,11,18H,2-4,7,9H2,1H3,(H,15,19). The SMILES string of the molecule is CN1CCCCC1CNC(=O)c1ccc([N+](=O)[O-])c(O)c1. The molecule has 7 heteroatoms. The van der Waals surface area contributed by atoms with Gasteiger partial charge in [0.15, 0.2) is 5.75 Å². The Morgan fingerprint density at radius 2 is 2.29 bits per heavy atom. The summed E-state index contributed by atoms with van der Waals surface area (Å²) in [5, 5.41) is 23.0. The number of phenols is 1. The molecular formula is C14H19N3O4. The van der Waals surface area contributed by atoms with E-state index in [1.54, 1.807) is 0 Å². The highest BCUT2D eigenvalue weighted by molar-refractivity contribution is 5.95. The first-order chi connectivity index (χ1) is 9.99. The Bertz CT molecular complexity index is 547. The maximum absolute atomic E-state index is 12.0. The molecule has 1 fully saturated rings. The number of aromatic hydroxyl groups is 1. The van der Waals surface area contributed by atoms with Gasteiger partial charge in [0, 0.05) is 24.2 Å². The Morgan fingerprint density at radius 1 is 1.52 bits per heavy atom. The normalized spacial score (nSPS) is 19.2. The Hall–Kier alpha value is -2.15. The molecule has 1 heterocycles. The largest absolute Gasteiger partial charge is 0.502 e. The number of benzene rings is 1. The van der Waals surface area contributed by atoms with Crippen molar-refractivity contribution in [1.82, 2.24) is 10.2 Å². The Kier molecular flexibility index (Phi) is 4.74. The van der Waals surface area contributed by atoms with Crippen LogP contribution in [0.5, 0.6) is 5.75 Å². The number of likely N-dealkylation sites (tertiary alicyclic amines) is 1. The van der Waals surface area contributed by atoms with Gasteiger partial charge in [-0.05, 0) is 38.6 Å². The molecule has 1 atom stereocenters. The van der Waals surface area contributed by atoms with Crippen LogP contribution in [0.15, 0.2) is 18.2 Å². The predicted molar refractivity (Wildman–Crippen MR) is 77.4 cm³/mol. The van der Waals surface area contributed by atoms with Crippen molar-refractivity contribution in [1.29, 1.82) is 0 Å². The molecule has 0 spiro atoms. The van der Waals surface area contributed by atoms with Gasteiger partial charge in [-0.3, -0.25) is 14.9 Å². The fourth-order valence-corrected chi connectivity index (χ4v) is 2.53. The number of hydrogen-bond donors (Lipinski definition) is 2. The van der Waals surface area contributed by atoms with Crippen molar-refractivity contribution in [3.05, 3.63) is 33.9 Å². The van der Waals surface area contributed by atoms with Gasteiger partial charge in [-0.2, -0.15) is 0 Å². The van der Waals surface area contributed by atoms with Crippen LogP contribution < -0.4 is 5.32 Å². The summed E-state index contributed by atoms with van der Waals surface area (Å²) in [5.74, 6) is -0.832. The number of phenolic OH excluding ortho intramolecular Hbond substituents is 1. The van der Waals surface area contributed by atoms with E-state index in [4.69, 9.17) is 0 Å². The molecule has 1 saturated heterocycles. The van der Waals surface area contributed by atoms with Crippen molar-refractivity contribution in [2.45, 2.75) is 25.3 Å². The van der Waals surface area contributed by atoms with Crippen LogP contribution in [0.1, 0.15) is 29.6 Å². The zero-order chi connectivity index (χ0) is 15.4. The molecule has 1 aromatic carbocycles. The van der Waals surface area contributed by atoms with E-state index in [0.717, 1.165) is 31.5 Å². The van der Waals surface area contributed by atoms with Gasteiger partial charge >= 0.3 is 5.69 Å². The topological polar surface area (TPSA) is 95.7 Å². The van der Waals surface area contributed by atoms with Gasteiger partial charge in [-0.15, -0.1) is 0 Å². The van der Waals surface area contributed by atoms with Crippen LogP contribution in [0.25, 0.3) is 0 Å². The second-order valence-corrected chi connectivity index (χ2v) is 5.30. The summed E-state index contributed by atoms with van der Waals surface area (Å²) in [6, 6.07) is 3.92. The lowest BCUT2D eigenvalue weighted by molar-refractivity contribution is -0.385. The number of piperidine rings is 1. The van der Waals surface area contributed by atoms with E-state index < -0.39 is 16.4 Å². The second kappa shape index (κ2) is 6.53. The molecule has 2 rings (SSSR count). The van der Waals surface area contributed by atoms with Crippen LogP contribution in [-0.2, 0) is 0 Å². The summed E-state index contributed by atoms with van der Waals surface area (Å²) in [7, 11) is 2.04. The van der Waals surface area contributed by atoms with Crippen LogP contribution >= 0.6 is 0 Å². The van der Waals surface area contributed by atoms with Crippen molar-refractivity contribution in [2.24, 2.45) is 0 Å². The highest BCUT2D eigenvalue weighted by Gasteiger charge is 2.20. The maximum atomic E-state index is 12.0.